The highest BCUT2D eigenvalue weighted by atomic mass is 79.9. The predicted octanol–water partition coefficient (Wildman–Crippen LogP) is 3.13. The van der Waals surface area contributed by atoms with Crippen LogP contribution in [-0.2, 0) is 0 Å². The Hall–Kier alpha value is -1.07. The van der Waals surface area contributed by atoms with Crippen LogP contribution in [0.2, 0.25) is 0 Å². The van der Waals surface area contributed by atoms with Crippen LogP contribution in [0.25, 0.3) is 0 Å². The fraction of sp³-hybridized carbons (Fsp3) is 0.611. The van der Waals surface area contributed by atoms with Crippen LogP contribution < -0.4 is 10.1 Å². The van der Waals surface area contributed by atoms with Gasteiger partial charge in [0.15, 0.2) is 0 Å². The van der Waals surface area contributed by atoms with Gasteiger partial charge in [0, 0.05) is 10.5 Å². The summed E-state index contributed by atoms with van der Waals surface area (Å²) in [6.45, 7) is 0. The number of amides is 1. The summed E-state index contributed by atoms with van der Waals surface area (Å²) in [7, 11) is 1.58. The molecule has 0 aliphatic heterocycles. The third kappa shape index (κ3) is 2.68. The van der Waals surface area contributed by atoms with Crippen molar-refractivity contribution in [2.45, 2.75) is 43.7 Å². The van der Waals surface area contributed by atoms with Gasteiger partial charge in [-0.2, -0.15) is 0 Å². The van der Waals surface area contributed by atoms with Crippen molar-refractivity contribution in [3.63, 3.8) is 0 Å². The van der Waals surface area contributed by atoms with E-state index in [1.54, 1.807) is 13.2 Å². The van der Waals surface area contributed by atoms with E-state index in [0.29, 0.717) is 29.1 Å². The van der Waals surface area contributed by atoms with Gasteiger partial charge in [-0.1, -0.05) is 15.9 Å². The summed E-state index contributed by atoms with van der Waals surface area (Å²) in [5.41, 5.74) is 0.107. The number of carbonyl (C=O) groups is 1. The van der Waals surface area contributed by atoms with E-state index in [0.717, 1.165) is 36.6 Å². The Morgan fingerprint density at radius 1 is 1.30 bits per heavy atom. The van der Waals surface area contributed by atoms with Crippen molar-refractivity contribution in [3.8, 4) is 5.75 Å². The third-order valence-electron chi connectivity index (χ3n) is 5.95. The van der Waals surface area contributed by atoms with E-state index >= 15 is 0 Å². The Labute approximate surface area is 144 Å². The van der Waals surface area contributed by atoms with Crippen molar-refractivity contribution in [2.24, 2.45) is 17.8 Å². The predicted molar refractivity (Wildman–Crippen MR) is 90.5 cm³/mol. The van der Waals surface area contributed by atoms with Gasteiger partial charge in [-0.3, -0.25) is 4.79 Å². The number of nitrogens with one attached hydrogen (secondary N) is 1. The summed E-state index contributed by atoms with van der Waals surface area (Å²) in [5.74, 6) is 1.99. The molecule has 2 atom stereocenters. The first-order valence-electron chi connectivity index (χ1n) is 8.34. The van der Waals surface area contributed by atoms with Crippen molar-refractivity contribution in [3.05, 3.63) is 28.2 Å². The molecule has 1 aromatic rings. The number of ether oxygens (including phenoxy) is 1. The van der Waals surface area contributed by atoms with E-state index in [2.05, 4.69) is 21.2 Å². The van der Waals surface area contributed by atoms with Crippen molar-refractivity contribution in [1.82, 2.24) is 5.32 Å². The van der Waals surface area contributed by atoms with Gasteiger partial charge in [0.1, 0.15) is 5.75 Å². The zero-order valence-corrected chi connectivity index (χ0v) is 14.8. The first kappa shape index (κ1) is 15.5. The molecule has 1 aromatic carbocycles. The first-order chi connectivity index (χ1) is 11.0. The molecule has 4 saturated carbocycles. The fourth-order valence-corrected chi connectivity index (χ4v) is 5.64. The molecule has 2 unspecified atom stereocenters. The molecule has 5 heteroatoms. The summed E-state index contributed by atoms with van der Waals surface area (Å²) in [6, 6.07) is 5.65. The standard InChI is InChI=1S/C18H22BrNO3/c1-23-15-6-13(19)2-3-14(15)17(21)20-16-11-4-10-5-12(16)9-18(22,7-10)8-11/h2-3,6,10-12,16,22H,4-5,7-9H2,1H3,(H,20,21)/t10?,11?,12?,16-,18-. The van der Waals surface area contributed by atoms with E-state index in [1.165, 1.54) is 0 Å². The van der Waals surface area contributed by atoms with Crippen molar-refractivity contribution in [1.29, 1.82) is 0 Å². The summed E-state index contributed by atoms with van der Waals surface area (Å²) in [5, 5.41) is 13.9. The number of hydrogen-bond donors (Lipinski definition) is 2. The average Bonchev–Trinajstić information content (AvgIpc) is 2.48. The molecule has 0 aromatic heterocycles. The lowest BCUT2D eigenvalue weighted by Gasteiger charge is -2.58. The average molecular weight is 380 g/mol. The number of hydrogen-bond acceptors (Lipinski definition) is 3. The Kier molecular flexibility index (Phi) is 3.69. The molecule has 0 heterocycles. The lowest BCUT2D eigenvalue weighted by Crippen LogP contribution is -2.61. The first-order valence-corrected chi connectivity index (χ1v) is 9.13. The largest absolute Gasteiger partial charge is 0.496 e. The maximum absolute atomic E-state index is 12.7. The lowest BCUT2D eigenvalue weighted by atomic mass is 9.52. The molecule has 0 saturated heterocycles. The van der Waals surface area contributed by atoms with Crippen molar-refractivity contribution >= 4 is 21.8 Å². The minimum Gasteiger partial charge on any atom is -0.496 e. The van der Waals surface area contributed by atoms with Crippen LogP contribution in [0.1, 0.15) is 42.5 Å². The summed E-state index contributed by atoms with van der Waals surface area (Å²) in [6.07, 6.45) is 4.91. The molecule has 2 N–H and O–H groups in total. The molecule has 0 spiro atoms. The second kappa shape index (κ2) is 5.49. The molecule has 4 aliphatic carbocycles. The maximum Gasteiger partial charge on any atom is 0.255 e. The van der Waals surface area contributed by atoms with E-state index in [-0.39, 0.29) is 11.9 Å². The zero-order valence-electron chi connectivity index (χ0n) is 13.2. The van der Waals surface area contributed by atoms with Gasteiger partial charge in [0.05, 0.1) is 18.3 Å². The van der Waals surface area contributed by atoms with Gasteiger partial charge in [-0.15, -0.1) is 0 Å². The van der Waals surface area contributed by atoms with Crippen LogP contribution in [0.4, 0.5) is 0 Å². The second-order valence-electron chi connectivity index (χ2n) is 7.54. The number of halogens is 1. The normalized spacial score (nSPS) is 37.7. The minimum absolute atomic E-state index is 0.0705. The smallest absolute Gasteiger partial charge is 0.255 e. The van der Waals surface area contributed by atoms with Gasteiger partial charge in [0.25, 0.3) is 5.91 Å². The molecule has 0 radical (unpaired) electrons. The van der Waals surface area contributed by atoms with Crippen LogP contribution in [-0.4, -0.2) is 29.8 Å². The van der Waals surface area contributed by atoms with Crippen LogP contribution in [0, 0.1) is 17.8 Å². The van der Waals surface area contributed by atoms with E-state index in [4.69, 9.17) is 4.74 Å². The summed E-state index contributed by atoms with van der Waals surface area (Å²) < 4.78 is 6.23. The third-order valence-corrected chi connectivity index (χ3v) is 6.44. The molecule has 124 valence electrons. The number of benzene rings is 1. The van der Waals surface area contributed by atoms with Gasteiger partial charge in [0.2, 0.25) is 0 Å². The van der Waals surface area contributed by atoms with Crippen molar-refractivity contribution < 1.29 is 14.6 Å². The number of methoxy groups -OCH3 is 1. The fourth-order valence-electron chi connectivity index (χ4n) is 5.30. The van der Waals surface area contributed by atoms with E-state index in [9.17, 15) is 9.90 Å². The molecule has 23 heavy (non-hydrogen) atoms. The summed E-state index contributed by atoms with van der Waals surface area (Å²) in [4.78, 5) is 12.7. The van der Waals surface area contributed by atoms with Crippen molar-refractivity contribution in [2.75, 3.05) is 7.11 Å². The minimum atomic E-state index is -0.465. The van der Waals surface area contributed by atoms with Gasteiger partial charge >= 0.3 is 0 Å². The highest BCUT2D eigenvalue weighted by Crippen LogP contribution is 2.55. The molecule has 5 rings (SSSR count). The second-order valence-corrected chi connectivity index (χ2v) is 8.45. The van der Waals surface area contributed by atoms with Gasteiger partial charge in [-0.05, 0) is 68.1 Å². The van der Waals surface area contributed by atoms with Gasteiger partial charge in [-0.25, -0.2) is 0 Å². The molecular formula is C18H22BrNO3. The SMILES string of the molecule is COc1cc(Br)ccc1C(=O)N[C@H]1C2CC3CC1C[C@](O)(C3)C2. The van der Waals surface area contributed by atoms with E-state index < -0.39 is 5.60 Å². The molecular weight excluding hydrogens is 358 g/mol. The Morgan fingerprint density at radius 3 is 2.61 bits per heavy atom. The number of aliphatic hydroxyl groups is 1. The van der Waals surface area contributed by atoms with Crippen LogP contribution in [0.15, 0.2) is 22.7 Å². The maximum atomic E-state index is 12.7. The lowest BCUT2D eigenvalue weighted by molar-refractivity contribution is -0.136. The molecule has 4 aliphatic rings. The highest BCUT2D eigenvalue weighted by molar-refractivity contribution is 9.10. The van der Waals surface area contributed by atoms with E-state index in [1.807, 2.05) is 12.1 Å². The number of carbonyl (C=O) groups excluding carboxylic acids is 1. The highest BCUT2D eigenvalue weighted by Gasteiger charge is 2.55. The van der Waals surface area contributed by atoms with Gasteiger partial charge < -0.3 is 15.2 Å². The Balaban J connectivity index is 1.54. The quantitative estimate of drug-likeness (QED) is 0.847. The monoisotopic (exact) mass is 379 g/mol. The number of rotatable bonds is 3. The van der Waals surface area contributed by atoms with Crippen LogP contribution in [0.3, 0.4) is 0 Å². The molecule has 4 fully saturated rings. The van der Waals surface area contributed by atoms with Crippen LogP contribution >= 0.6 is 15.9 Å². The molecule has 4 nitrogen and oxygen atoms in total. The Morgan fingerprint density at radius 2 is 2.00 bits per heavy atom. The molecule has 4 bridgehead atoms. The summed E-state index contributed by atoms with van der Waals surface area (Å²) >= 11 is 3.40. The Bertz CT molecular complexity index is 631. The van der Waals surface area contributed by atoms with Crippen LogP contribution in [0.5, 0.6) is 5.75 Å². The topological polar surface area (TPSA) is 58.6 Å². The zero-order chi connectivity index (χ0) is 16.2. The molecule has 1 amide bonds.